The molecule has 1 N–H and O–H groups in total. The predicted molar refractivity (Wildman–Crippen MR) is 117 cm³/mol. The molecule has 2 aromatic rings. The quantitative estimate of drug-likeness (QED) is 0.257. The molecule has 0 unspecified atom stereocenters. The average Bonchev–Trinajstić information content (AvgIpc) is 2.78. The SMILES string of the molecule is COc1cccc(/C=C/C(=O)OCC(=O)c2ccc(CCCNC(C)=O)cc2)c1OC. The van der Waals surface area contributed by atoms with Crippen LogP contribution in [0.2, 0.25) is 0 Å². The van der Waals surface area contributed by atoms with Crippen molar-refractivity contribution in [2.75, 3.05) is 27.4 Å². The third kappa shape index (κ3) is 7.62. The van der Waals surface area contributed by atoms with Gasteiger partial charge in [-0.25, -0.2) is 4.79 Å². The lowest BCUT2D eigenvalue weighted by atomic mass is 10.1. The maximum absolute atomic E-state index is 12.3. The van der Waals surface area contributed by atoms with E-state index in [2.05, 4.69) is 5.32 Å². The Morgan fingerprint density at radius 1 is 1.00 bits per heavy atom. The van der Waals surface area contributed by atoms with Gasteiger partial charge in [0.1, 0.15) is 0 Å². The summed E-state index contributed by atoms with van der Waals surface area (Å²) in [6.07, 6.45) is 4.39. The lowest BCUT2D eigenvalue weighted by molar-refractivity contribution is -0.136. The molecule has 0 spiro atoms. The van der Waals surface area contributed by atoms with E-state index >= 15 is 0 Å². The van der Waals surface area contributed by atoms with E-state index in [0.717, 1.165) is 18.4 Å². The Labute approximate surface area is 182 Å². The molecule has 0 saturated carbocycles. The number of Topliss-reactive ketones (excluding diaryl/α,β-unsaturated/α-hetero) is 1. The monoisotopic (exact) mass is 425 g/mol. The van der Waals surface area contributed by atoms with Crippen LogP contribution in [0.15, 0.2) is 48.5 Å². The van der Waals surface area contributed by atoms with Crippen LogP contribution in [-0.2, 0) is 20.7 Å². The minimum absolute atomic E-state index is 0.0482. The summed E-state index contributed by atoms with van der Waals surface area (Å²) in [4.78, 5) is 35.1. The first-order valence-electron chi connectivity index (χ1n) is 9.87. The topological polar surface area (TPSA) is 90.9 Å². The van der Waals surface area contributed by atoms with E-state index in [-0.39, 0.29) is 18.3 Å². The summed E-state index contributed by atoms with van der Waals surface area (Å²) in [6, 6.07) is 12.4. The summed E-state index contributed by atoms with van der Waals surface area (Å²) >= 11 is 0. The molecule has 31 heavy (non-hydrogen) atoms. The summed E-state index contributed by atoms with van der Waals surface area (Å²) in [5.41, 5.74) is 2.19. The first-order valence-corrected chi connectivity index (χ1v) is 9.87. The number of nitrogens with one attached hydrogen (secondary N) is 1. The van der Waals surface area contributed by atoms with Crippen LogP contribution in [0.25, 0.3) is 6.08 Å². The number of benzene rings is 2. The summed E-state index contributed by atoms with van der Waals surface area (Å²) in [6.45, 7) is 1.75. The van der Waals surface area contributed by atoms with Gasteiger partial charge >= 0.3 is 5.97 Å². The van der Waals surface area contributed by atoms with Crippen molar-refractivity contribution in [3.05, 3.63) is 65.2 Å². The van der Waals surface area contributed by atoms with Gasteiger partial charge in [-0.1, -0.05) is 36.4 Å². The van der Waals surface area contributed by atoms with E-state index in [9.17, 15) is 14.4 Å². The fourth-order valence-electron chi connectivity index (χ4n) is 2.88. The van der Waals surface area contributed by atoms with E-state index in [1.54, 1.807) is 36.4 Å². The van der Waals surface area contributed by atoms with Crippen LogP contribution in [0.3, 0.4) is 0 Å². The van der Waals surface area contributed by atoms with Gasteiger partial charge in [0, 0.05) is 30.7 Å². The first-order chi connectivity index (χ1) is 14.9. The fourth-order valence-corrected chi connectivity index (χ4v) is 2.88. The molecule has 2 rings (SSSR count). The third-order valence-electron chi connectivity index (χ3n) is 4.47. The second-order valence-electron chi connectivity index (χ2n) is 6.73. The highest BCUT2D eigenvalue weighted by atomic mass is 16.5. The van der Waals surface area contributed by atoms with Gasteiger partial charge in [-0.2, -0.15) is 0 Å². The third-order valence-corrected chi connectivity index (χ3v) is 4.47. The van der Waals surface area contributed by atoms with Crippen LogP contribution in [0.4, 0.5) is 0 Å². The fraction of sp³-hybridized carbons (Fsp3) is 0.292. The number of hydrogen-bond acceptors (Lipinski definition) is 6. The van der Waals surface area contributed by atoms with Crippen molar-refractivity contribution in [3.8, 4) is 11.5 Å². The molecule has 0 aliphatic heterocycles. The average molecular weight is 425 g/mol. The summed E-state index contributed by atoms with van der Waals surface area (Å²) in [5, 5.41) is 2.75. The van der Waals surface area contributed by atoms with Gasteiger partial charge < -0.3 is 19.5 Å². The Morgan fingerprint density at radius 2 is 1.74 bits per heavy atom. The van der Waals surface area contributed by atoms with Crippen molar-refractivity contribution in [1.29, 1.82) is 0 Å². The molecular weight excluding hydrogens is 398 g/mol. The smallest absolute Gasteiger partial charge is 0.331 e. The molecule has 0 aliphatic carbocycles. The van der Waals surface area contributed by atoms with E-state index < -0.39 is 5.97 Å². The van der Waals surface area contributed by atoms with Crippen molar-refractivity contribution >= 4 is 23.7 Å². The Hall–Kier alpha value is -3.61. The maximum Gasteiger partial charge on any atom is 0.331 e. The Bertz CT molecular complexity index is 934. The highest BCUT2D eigenvalue weighted by Gasteiger charge is 2.10. The van der Waals surface area contributed by atoms with Crippen LogP contribution in [0.1, 0.15) is 34.8 Å². The molecule has 1 amide bonds. The normalized spacial score (nSPS) is 10.5. The molecule has 0 aromatic heterocycles. The first kappa shape index (κ1) is 23.7. The van der Waals surface area contributed by atoms with Crippen LogP contribution in [-0.4, -0.2) is 45.0 Å². The number of hydrogen-bond donors (Lipinski definition) is 1. The second kappa shape index (κ2) is 12.2. The number of carbonyl (C=O) groups excluding carboxylic acids is 3. The standard InChI is InChI=1S/C24H27NO6/c1-17(26)25-15-5-6-18-9-11-19(12-10-18)21(27)16-31-23(28)14-13-20-7-4-8-22(29-2)24(20)30-3/h4,7-14H,5-6,15-16H2,1-3H3,(H,25,26)/b14-13+. The molecule has 7 nitrogen and oxygen atoms in total. The largest absolute Gasteiger partial charge is 0.493 e. The number of carbonyl (C=O) groups is 3. The molecular formula is C24H27NO6. The molecule has 0 heterocycles. The lowest BCUT2D eigenvalue weighted by Crippen LogP contribution is -2.21. The lowest BCUT2D eigenvalue weighted by Gasteiger charge is -2.09. The van der Waals surface area contributed by atoms with Crippen molar-refractivity contribution in [1.82, 2.24) is 5.32 Å². The zero-order valence-corrected chi connectivity index (χ0v) is 18.0. The Kier molecular flexibility index (Phi) is 9.29. The number of aryl methyl sites for hydroxylation is 1. The number of ether oxygens (including phenoxy) is 3. The number of rotatable bonds is 11. The molecule has 164 valence electrons. The number of amides is 1. The minimum Gasteiger partial charge on any atom is -0.493 e. The zero-order valence-electron chi connectivity index (χ0n) is 18.0. The van der Waals surface area contributed by atoms with E-state index in [1.807, 2.05) is 12.1 Å². The summed E-state index contributed by atoms with van der Waals surface area (Å²) < 4.78 is 15.6. The molecule has 0 radical (unpaired) electrons. The van der Waals surface area contributed by atoms with Gasteiger partial charge in [-0.15, -0.1) is 0 Å². The van der Waals surface area contributed by atoms with Crippen LogP contribution in [0, 0.1) is 0 Å². The van der Waals surface area contributed by atoms with Crippen molar-refractivity contribution in [3.63, 3.8) is 0 Å². The molecule has 0 bridgehead atoms. The van der Waals surface area contributed by atoms with E-state index in [1.165, 1.54) is 27.2 Å². The number of para-hydroxylation sites is 1. The Balaban J connectivity index is 1.85. The van der Waals surface area contributed by atoms with Crippen LogP contribution < -0.4 is 14.8 Å². The second-order valence-corrected chi connectivity index (χ2v) is 6.73. The van der Waals surface area contributed by atoms with Crippen molar-refractivity contribution in [2.45, 2.75) is 19.8 Å². The maximum atomic E-state index is 12.3. The van der Waals surface area contributed by atoms with Gasteiger partial charge in [-0.05, 0) is 30.5 Å². The van der Waals surface area contributed by atoms with E-state index in [0.29, 0.717) is 29.2 Å². The highest BCUT2D eigenvalue weighted by Crippen LogP contribution is 2.31. The van der Waals surface area contributed by atoms with Gasteiger partial charge in [0.25, 0.3) is 0 Å². The molecule has 0 fully saturated rings. The van der Waals surface area contributed by atoms with Crippen LogP contribution in [0.5, 0.6) is 11.5 Å². The van der Waals surface area contributed by atoms with Crippen LogP contribution >= 0.6 is 0 Å². The molecule has 0 aliphatic rings. The predicted octanol–water partition coefficient (Wildman–Crippen LogP) is 3.21. The molecule has 0 saturated heterocycles. The molecule has 7 heteroatoms. The van der Waals surface area contributed by atoms with Crippen molar-refractivity contribution in [2.24, 2.45) is 0 Å². The van der Waals surface area contributed by atoms with Gasteiger partial charge in [0.2, 0.25) is 5.91 Å². The summed E-state index contributed by atoms with van der Waals surface area (Å²) in [7, 11) is 3.05. The Morgan fingerprint density at radius 3 is 2.39 bits per heavy atom. The molecule has 0 atom stereocenters. The van der Waals surface area contributed by atoms with E-state index in [4.69, 9.17) is 14.2 Å². The zero-order chi connectivity index (χ0) is 22.6. The number of methoxy groups -OCH3 is 2. The van der Waals surface area contributed by atoms with Gasteiger partial charge in [0.15, 0.2) is 23.9 Å². The summed E-state index contributed by atoms with van der Waals surface area (Å²) in [5.74, 6) is 0.0836. The number of ketones is 1. The highest BCUT2D eigenvalue weighted by molar-refractivity contribution is 5.99. The number of esters is 1. The minimum atomic E-state index is -0.632. The molecule has 2 aromatic carbocycles. The van der Waals surface area contributed by atoms with Gasteiger partial charge in [0.05, 0.1) is 14.2 Å². The van der Waals surface area contributed by atoms with Gasteiger partial charge in [-0.3, -0.25) is 9.59 Å². The van der Waals surface area contributed by atoms with Crippen molar-refractivity contribution < 1.29 is 28.6 Å².